The molecule has 21 heavy (non-hydrogen) atoms. The summed E-state index contributed by atoms with van der Waals surface area (Å²) in [4.78, 5) is 14.0. The topological polar surface area (TPSA) is 30.2 Å². The van der Waals surface area contributed by atoms with E-state index >= 15 is 0 Å². The van der Waals surface area contributed by atoms with Crippen LogP contribution in [-0.2, 0) is 0 Å². The lowest BCUT2D eigenvalue weighted by atomic mass is 10.1. The highest BCUT2D eigenvalue weighted by molar-refractivity contribution is 8.21. The van der Waals surface area contributed by atoms with Crippen LogP contribution in [0, 0.1) is 0 Å². The first-order chi connectivity index (χ1) is 10.2. The van der Waals surface area contributed by atoms with Crippen molar-refractivity contribution in [2.45, 2.75) is 9.79 Å². The fourth-order valence-electron chi connectivity index (χ4n) is 2.00. The molecular weight excluding hydrogens is 347 g/mol. The zero-order valence-electron chi connectivity index (χ0n) is 10.5. The van der Waals surface area contributed by atoms with E-state index in [0.717, 1.165) is 37.3 Å². The van der Waals surface area contributed by atoms with Crippen LogP contribution in [0.15, 0.2) is 67.5 Å². The first-order valence-corrected chi connectivity index (χ1v) is 9.25. The molecule has 106 valence electrons. The van der Waals surface area contributed by atoms with Gasteiger partial charge in [0.1, 0.15) is 11.3 Å². The Morgan fingerprint density at radius 3 is 2.19 bits per heavy atom. The second-order valence-corrected chi connectivity index (χ2v) is 6.49. The number of halogens is 2. The fourth-order valence-corrected chi connectivity index (χ4v) is 3.11. The summed E-state index contributed by atoms with van der Waals surface area (Å²) in [5, 5.41) is 0.525. The van der Waals surface area contributed by atoms with Crippen LogP contribution in [-0.4, -0.2) is 0 Å². The number of hydrogen-bond acceptors (Lipinski definition) is 4. The number of rotatable bonds is 3. The molecule has 6 heteroatoms. The molecule has 0 saturated carbocycles. The van der Waals surface area contributed by atoms with E-state index in [9.17, 15) is 4.79 Å². The summed E-state index contributed by atoms with van der Waals surface area (Å²) in [7, 11) is 13.6. The lowest BCUT2D eigenvalue weighted by molar-refractivity contribution is 0.618. The van der Waals surface area contributed by atoms with Crippen LogP contribution in [0.25, 0.3) is 22.3 Å². The van der Waals surface area contributed by atoms with Crippen LogP contribution in [0.1, 0.15) is 0 Å². The molecule has 0 fully saturated rings. The van der Waals surface area contributed by atoms with E-state index in [0.29, 0.717) is 16.7 Å². The molecule has 0 saturated heterocycles. The van der Waals surface area contributed by atoms with Gasteiger partial charge in [-0.1, -0.05) is 12.1 Å². The minimum Gasteiger partial charge on any atom is -0.456 e. The Hall–Kier alpha value is -1.07. The molecule has 3 rings (SSSR count). The van der Waals surface area contributed by atoms with Gasteiger partial charge in [-0.25, -0.2) is 0 Å². The Bertz CT molecular complexity index is 844. The van der Waals surface area contributed by atoms with E-state index in [2.05, 4.69) is 0 Å². The van der Waals surface area contributed by atoms with E-state index in [1.54, 1.807) is 12.1 Å². The van der Waals surface area contributed by atoms with E-state index in [4.69, 9.17) is 25.8 Å². The molecule has 0 bridgehead atoms. The van der Waals surface area contributed by atoms with Crippen molar-refractivity contribution in [3.8, 4) is 11.3 Å². The first kappa shape index (κ1) is 14.9. The summed E-state index contributed by atoms with van der Waals surface area (Å²) in [6.45, 7) is 0. The zero-order chi connectivity index (χ0) is 14.8. The molecule has 0 N–H and O–H groups in total. The van der Waals surface area contributed by atoms with Crippen molar-refractivity contribution < 1.29 is 4.42 Å². The van der Waals surface area contributed by atoms with Gasteiger partial charge >= 0.3 is 0 Å². The molecule has 1 aromatic heterocycles. The predicted octanol–water partition coefficient (Wildman–Crippen LogP) is 5.95. The van der Waals surface area contributed by atoms with Gasteiger partial charge in [0.15, 0.2) is 5.43 Å². The normalized spacial score (nSPS) is 11.0. The van der Waals surface area contributed by atoms with Crippen molar-refractivity contribution >= 4 is 54.3 Å². The van der Waals surface area contributed by atoms with E-state index in [-0.39, 0.29) is 5.43 Å². The summed E-state index contributed by atoms with van der Waals surface area (Å²) in [6.07, 6.45) is 0. The number of hydrogen-bond donors (Lipinski definition) is 0. The Morgan fingerprint density at radius 1 is 0.857 bits per heavy atom. The SMILES string of the molecule is O=c1cc(-c2ccc(SCl)cc2)oc2ccc(SCl)cc12. The molecule has 1 heterocycles. The third-order valence-corrected chi connectivity index (χ3v) is 4.97. The molecule has 0 aliphatic heterocycles. The highest BCUT2D eigenvalue weighted by atomic mass is 35.7. The Balaban J connectivity index is 2.13. The second-order valence-electron chi connectivity index (χ2n) is 4.31. The van der Waals surface area contributed by atoms with Gasteiger partial charge in [-0.05, 0) is 73.6 Å². The summed E-state index contributed by atoms with van der Waals surface area (Å²) in [5.74, 6) is 0.532. The van der Waals surface area contributed by atoms with E-state index in [1.807, 2.05) is 30.3 Å². The van der Waals surface area contributed by atoms with Crippen LogP contribution < -0.4 is 5.43 Å². The summed E-state index contributed by atoms with van der Waals surface area (Å²) < 4.78 is 5.81. The zero-order valence-corrected chi connectivity index (χ0v) is 13.7. The van der Waals surface area contributed by atoms with Crippen LogP contribution in [0.5, 0.6) is 0 Å². The highest BCUT2D eigenvalue weighted by Crippen LogP contribution is 2.29. The third-order valence-electron chi connectivity index (χ3n) is 3.02. The molecule has 0 radical (unpaired) electrons. The van der Waals surface area contributed by atoms with Crippen molar-refractivity contribution in [3.05, 3.63) is 58.8 Å². The van der Waals surface area contributed by atoms with Crippen molar-refractivity contribution in [2.24, 2.45) is 0 Å². The van der Waals surface area contributed by atoms with Gasteiger partial charge in [-0.3, -0.25) is 4.79 Å². The van der Waals surface area contributed by atoms with Gasteiger partial charge in [0.05, 0.1) is 5.39 Å². The maximum atomic E-state index is 12.2. The maximum absolute atomic E-state index is 12.2. The van der Waals surface area contributed by atoms with Crippen molar-refractivity contribution in [1.29, 1.82) is 0 Å². The summed E-state index contributed by atoms with van der Waals surface area (Å²) in [6, 6.07) is 14.3. The van der Waals surface area contributed by atoms with Crippen molar-refractivity contribution in [2.75, 3.05) is 0 Å². The first-order valence-electron chi connectivity index (χ1n) is 5.97. The molecule has 2 aromatic carbocycles. The maximum Gasteiger partial charge on any atom is 0.193 e. The lowest BCUT2D eigenvalue weighted by Gasteiger charge is -2.04. The van der Waals surface area contributed by atoms with Gasteiger partial charge in [0.2, 0.25) is 0 Å². The highest BCUT2D eigenvalue weighted by Gasteiger charge is 2.08. The molecule has 0 aliphatic rings. The number of fused-ring (bicyclic) bond motifs is 1. The summed E-state index contributed by atoms with van der Waals surface area (Å²) in [5.41, 5.74) is 1.29. The minimum absolute atomic E-state index is 0.0883. The largest absolute Gasteiger partial charge is 0.456 e. The van der Waals surface area contributed by atoms with E-state index < -0.39 is 0 Å². The van der Waals surface area contributed by atoms with Crippen molar-refractivity contribution in [1.82, 2.24) is 0 Å². The molecule has 0 amide bonds. The minimum atomic E-state index is -0.0883. The predicted molar refractivity (Wildman–Crippen MR) is 91.3 cm³/mol. The lowest BCUT2D eigenvalue weighted by Crippen LogP contribution is -2.00. The van der Waals surface area contributed by atoms with E-state index in [1.165, 1.54) is 6.07 Å². The molecular formula is C15H8Cl2O2S2. The summed E-state index contributed by atoms with van der Waals surface area (Å²) >= 11 is 0. The van der Waals surface area contributed by atoms with Crippen LogP contribution in [0.3, 0.4) is 0 Å². The Labute approximate surface area is 138 Å². The smallest absolute Gasteiger partial charge is 0.193 e. The average Bonchev–Trinajstić information content (AvgIpc) is 2.54. The molecule has 0 unspecified atom stereocenters. The van der Waals surface area contributed by atoms with Gasteiger partial charge in [0, 0.05) is 21.4 Å². The second kappa shape index (κ2) is 6.36. The van der Waals surface area contributed by atoms with Gasteiger partial charge < -0.3 is 4.42 Å². The van der Waals surface area contributed by atoms with Crippen LogP contribution >= 0.6 is 43.3 Å². The monoisotopic (exact) mass is 354 g/mol. The van der Waals surface area contributed by atoms with Crippen molar-refractivity contribution in [3.63, 3.8) is 0 Å². The fraction of sp³-hybridized carbons (Fsp3) is 0. The molecule has 3 aromatic rings. The van der Waals surface area contributed by atoms with Gasteiger partial charge in [-0.2, -0.15) is 0 Å². The third kappa shape index (κ3) is 3.09. The quantitative estimate of drug-likeness (QED) is 0.581. The Kier molecular flexibility index (Phi) is 4.50. The standard InChI is InChI=1S/C15H8Cl2O2S2/c16-20-10-3-1-9(2-4-10)15-8-13(18)12-7-11(21-17)5-6-14(12)19-15/h1-8H. The van der Waals surface area contributed by atoms with Gasteiger partial charge in [0.25, 0.3) is 0 Å². The average molecular weight is 355 g/mol. The van der Waals surface area contributed by atoms with Gasteiger partial charge in [-0.15, -0.1) is 0 Å². The van der Waals surface area contributed by atoms with Crippen LogP contribution in [0.4, 0.5) is 0 Å². The molecule has 0 atom stereocenters. The molecule has 0 spiro atoms. The number of benzene rings is 2. The molecule has 0 aliphatic carbocycles. The molecule has 2 nitrogen and oxygen atoms in total. The van der Waals surface area contributed by atoms with Crippen LogP contribution in [0.2, 0.25) is 0 Å². The Morgan fingerprint density at radius 2 is 1.52 bits per heavy atom.